The van der Waals surface area contributed by atoms with Crippen LogP contribution < -0.4 is 0 Å². The monoisotopic (exact) mass is 298 g/mol. The summed E-state index contributed by atoms with van der Waals surface area (Å²) in [6, 6.07) is 7.08. The zero-order chi connectivity index (χ0) is 12.7. The minimum atomic E-state index is 0.456. The number of hydrogen-bond acceptors (Lipinski definition) is 2. The van der Waals surface area contributed by atoms with Crippen LogP contribution in [0, 0.1) is 0 Å². The third-order valence-corrected chi connectivity index (χ3v) is 3.46. The predicted molar refractivity (Wildman–Crippen MR) is 74.5 cm³/mol. The van der Waals surface area contributed by atoms with Crippen LogP contribution in [0.1, 0.15) is 24.5 Å². The molecule has 0 amide bonds. The zero-order valence-corrected chi connectivity index (χ0v) is 11.6. The number of halogens is 3. The average molecular weight is 300 g/mol. The second kappa shape index (κ2) is 4.69. The van der Waals surface area contributed by atoms with Crippen LogP contribution in [0.15, 0.2) is 24.3 Å². The highest BCUT2D eigenvalue weighted by molar-refractivity contribution is 6.35. The second-order valence-electron chi connectivity index (χ2n) is 4.37. The van der Waals surface area contributed by atoms with Crippen LogP contribution in [0.2, 0.25) is 15.2 Å². The summed E-state index contributed by atoms with van der Waals surface area (Å²) < 4.78 is 0. The summed E-state index contributed by atoms with van der Waals surface area (Å²) >= 11 is 18.0. The fraction of sp³-hybridized carbons (Fsp3) is 0.231. The third-order valence-electron chi connectivity index (χ3n) is 2.83. The quantitative estimate of drug-likeness (QED) is 0.731. The van der Waals surface area contributed by atoms with Crippen LogP contribution in [-0.2, 0) is 0 Å². The molecule has 0 unspecified atom stereocenters. The maximum Gasteiger partial charge on any atom is 0.161 e. The molecule has 2 nitrogen and oxygen atoms in total. The van der Waals surface area contributed by atoms with E-state index in [-0.39, 0.29) is 0 Å². The topological polar surface area (TPSA) is 25.8 Å². The Bertz CT molecular complexity index is 589. The van der Waals surface area contributed by atoms with Crippen LogP contribution in [0.3, 0.4) is 0 Å². The second-order valence-corrected chi connectivity index (χ2v) is 5.63. The van der Waals surface area contributed by atoms with Gasteiger partial charge in [-0.2, -0.15) is 0 Å². The van der Waals surface area contributed by atoms with Crippen molar-refractivity contribution >= 4 is 34.8 Å². The Morgan fingerprint density at radius 1 is 0.889 bits per heavy atom. The van der Waals surface area contributed by atoms with E-state index in [0.29, 0.717) is 26.9 Å². The summed E-state index contributed by atoms with van der Waals surface area (Å²) in [7, 11) is 0. The van der Waals surface area contributed by atoms with Crippen LogP contribution in [0.5, 0.6) is 0 Å². The van der Waals surface area contributed by atoms with Gasteiger partial charge in [0.05, 0.1) is 0 Å². The minimum absolute atomic E-state index is 0.456. The van der Waals surface area contributed by atoms with Gasteiger partial charge >= 0.3 is 0 Å². The molecule has 0 N–H and O–H groups in total. The summed E-state index contributed by atoms with van der Waals surface area (Å²) in [4.78, 5) is 8.77. The van der Waals surface area contributed by atoms with E-state index in [0.717, 1.165) is 11.3 Å². The summed E-state index contributed by atoms with van der Waals surface area (Å²) in [6.07, 6.45) is 2.34. The summed E-state index contributed by atoms with van der Waals surface area (Å²) in [5.41, 5.74) is 1.79. The SMILES string of the molecule is Clc1cc(Cl)cc(-c2nc(Cl)cc(C3CC3)n2)c1. The Morgan fingerprint density at radius 2 is 1.56 bits per heavy atom. The molecule has 0 saturated heterocycles. The van der Waals surface area contributed by atoms with Gasteiger partial charge in [-0.25, -0.2) is 9.97 Å². The lowest BCUT2D eigenvalue weighted by molar-refractivity contribution is 0.994. The molecule has 1 heterocycles. The van der Waals surface area contributed by atoms with E-state index in [2.05, 4.69) is 9.97 Å². The highest BCUT2D eigenvalue weighted by Gasteiger charge is 2.26. The van der Waals surface area contributed by atoms with E-state index in [1.54, 1.807) is 18.2 Å². The van der Waals surface area contributed by atoms with Crippen LogP contribution in [-0.4, -0.2) is 9.97 Å². The Hall–Kier alpha value is -0.830. The highest BCUT2D eigenvalue weighted by Crippen LogP contribution is 2.40. The van der Waals surface area contributed by atoms with Gasteiger partial charge in [0, 0.05) is 27.2 Å². The Morgan fingerprint density at radius 3 is 2.17 bits per heavy atom. The van der Waals surface area contributed by atoms with Gasteiger partial charge in [-0.05, 0) is 37.1 Å². The average Bonchev–Trinajstić information content (AvgIpc) is 3.10. The van der Waals surface area contributed by atoms with Crippen molar-refractivity contribution in [2.24, 2.45) is 0 Å². The molecule has 2 aromatic rings. The van der Waals surface area contributed by atoms with Crippen molar-refractivity contribution in [3.05, 3.63) is 45.2 Å². The number of hydrogen-bond donors (Lipinski definition) is 0. The minimum Gasteiger partial charge on any atom is -0.233 e. The molecule has 0 radical (unpaired) electrons. The Labute approximate surface area is 120 Å². The van der Waals surface area contributed by atoms with Gasteiger partial charge in [0.2, 0.25) is 0 Å². The van der Waals surface area contributed by atoms with E-state index in [1.807, 2.05) is 6.07 Å². The smallest absolute Gasteiger partial charge is 0.161 e. The number of nitrogens with zero attached hydrogens (tertiary/aromatic N) is 2. The fourth-order valence-corrected chi connectivity index (χ4v) is 2.55. The lowest BCUT2D eigenvalue weighted by Gasteiger charge is -2.05. The molecule has 1 fully saturated rings. The maximum atomic E-state index is 6.03. The number of benzene rings is 1. The van der Waals surface area contributed by atoms with Crippen molar-refractivity contribution in [2.75, 3.05) is 0 Å². The molecule has 0 aliphatic heterocycles. The molecule has 0 spiro atoms. The lowest BCUT2D eigenvalue weighted by atomic mass is 10.2. The molecule has 92 valence electrons. The van der Waals surface area contributed by atoms with Gasteiger partial charge in [-0.1, -0.05) is 34.8 Å². The van der Waals surface area contributed by atoms with Gasteiger partial charge in [0.1, 0.15) is 5.15 Å². The first-order chi connectivity index (χ1) is 8.61. The molecule has 18 heavy (non-hydrogen) atoms. The van der Waals surface area contributed by atoms with E-state index in [1.165, 1.54) is 12.8 Å². The van der Waals surface area contributed by atoms with Gasteiger partial charge in [-0.3, -0.25) is 0 Å². The van der Waals surface area contributed by atoms with Crippen LogP contribution in [0.4, 0.5) is 0 Å². The normalized spacial score (nSPS) is 14.8. The molecule has 1 aromatic heterocycles. The first-order valence-electron chi connectivity index (χ1n) is 5.63. The number of aromatic nitrogens is 2. The molecule has 0 atom stereocenters. The van der Waals surface area contributed by atoms with Gasteiger partial charge in [0.25, 0.3) is 0 Å². The van der Waals surface area contributed by atoms with Gasteiger partial charge in [0.15, 0.2) is 5.82 Å². The summed E-state index contributed by atoms with van der Waals surface area (Å²) in [5.74, 6) is 1.10. The van der Waals surface area contributed by atoms with E-state index >= 15 is 0 Å². The maximum absolute atomic E-state index is 6.03. The molecular formula is C13H9Cl3N2. The van der Waals surface area contributed by atoms with Gasteiger partial charge < -0.3 is 0 Å². The molecule has 3 rings (SSSR count). The first-order valence-corrected chi connectivity index (χ1v) is 6.76. The summed E-state index contributed by atoms with van der Waals surface area (Å²) in [6.45, 7) is 0. The highest BCUT2D eigenvalue weighted by atomic mass is 35.5. The number of rotatable bonds is 2. The van der Waals surface area contributed by atoms with Crippen LogP contribution in [0.25, 0.3) is 11.4 Å². The molecule has 0 bridgehead atoms. The molecule has 1 aromatic carbocycles. The van der Waals surface area contributed by atoms with Crippen molar-refractivity contribution in [3.63, 3.8) is 0 Å². The Balaban J connectivity index is 2.09. The molecular weight excluding hydrogens is 291 g/mol. The van der Waals surface area contributed by atoms with Crippen molar-refractivity contribution in [3.8, 4) is 11.4 Å². The van der Waals surface area contributed by atoms with E-state index in [9.17, 15) is 0 Å². The summed E-state index contributed by atoms with van der Waals surface area (Å²) in [5, 5.41) is 1.58. The lowest BCUT2D eigenvalue weighted by Crippen LogP contribution is -1.95. The van der Waals surface area contributed by atoms with Crippen molar-refractivity contribution in [2.45, 2.75) is 18.8 Å². The fourth-order valence-electron chi connectivity index (χ4n) is 1.84. The Kier molecular flexibility index (Phi) is 3.18. The molecule has 1 aliphatic rings. The van der Waals surface area contributed by atoms with Gasteiger partial charge in [-0.15, -0.1) is 0 Å². The molecule has 1 saturated carbocycles. The molecule has 5 heteroatoms. The van der Waals surface area contributed by atoms with E-state index in [4.69, 9.17) is 34.8 Å². The van der Waals surface area contributed by atoms with Crippen molar-refractivity contribution < 1.29 is 0 Å². The van der Waals surface area contributed by atoms with Crippen LogP contribution >= 0.6 is 34.8 Å². The van der Waals surface area contributed by atoms with Crippen molar-refractivity contribution in [1.29, 1.82) is 0 Å². The van der Waals surface area contributed by atoms with Crippen molar-refractivity contribution in [1.82, 2.24) is 9.97 Å². The first kappa shape index (κ1) is 12.2. The predicted octanol–water partition coefficient (Wildman–Crippen LogP) is 4.98. The van der Waals surface area contributed by atoms with E-state index < -0.39 is 0 Å². The standard InChI is InChI=1S/C13H9Cl3N2/c14-9-3-8(4-10(15)5-9)13-17-11(7-1-2-7)6-12(16)18-13/h3-7H,1-2H2. The zero-order valence-electron chi connectivity index (χ0n) is 9.33. The molecule has 1 aliphatic carbocycles. The third kappa shape index (κ3) is 2.61. The largest absolute Gasteiger partial charge is 0.233 e.